The van der Waals surface area contributed by atoms with Gasteiger partial charge in [0.25, 0.3) is 5.91 Å². The minimum atomic E-state index is -0.149. The molecule has 3 aromatic rings. The van der Waals surface area contributed by atoms with Gasteiger partial charge in [0.2, 0.25) is 0 Å². The number of amides is 1. The van der Waals surface area contributed by atoms with Crippen LogP contribution in [0.1, 0.15) is 35.8 Å². The summed E-state index contributed by atoms with van der Waals surface area (Å²) in [6.45, 7) is 5.42. The molecule has 0 bridgehead atoms. The molecule has 2 aromatic heterocycles. The lowest BCUT2D eigenvalue weighted by atomic mass is 10.0. The highest BCUT2D eigenvalue weighted by molar-refractivity contribution is 7.13. The zero-order chi connectivity index (χ0) is 17.2. The van der Waals surface area contributed by atoms with Crippen LogP contribution >= 0.6 is 11.3 Å². The summed E-state index contributed by atoms with van der Waals surface area (Å²) in [5, 5.41) is 5.58. The van der Waals surface area contributed by atoms with Crippen molar-refractivity contribution < 1.29 is 4.79 Å². The Morgan fingerprint density at radius 2 is 2.40 bits per heavy atom. The van der Waals surface area contributed by atoms with Crippen LogP contribution in [0.3, 0.4) is 0 Å². The van der Waals surface area contributed by atoms with Gasteiger partial charge in [-0.05, 0) is 43.5 Å². The number of benzene rings is 1. The van der Waals surface area contributed by atoms with E-state index in [0.29, 0.717) is 10.7 Å². The molecule has 0 radical (unpaired) electrons. The molecule has 1 aliphatic heterocycles. The van der Waals surface area contributed by atoms with Crippen molar-refractivity contribution in [3.05, 3.63) is 41.2 Å². The first-order valence-corrected chi connectivity index (χ1v) is 9.46. The van der Waals surface area contributed by atoms with Crippen molar-refractivity contribution in [2.45, 2.75) is 26.3 Å². The van der Waals surface area contributed by atoms with Crippen LogP contribution in [0.5, 0.6) is 0 Å². The summed E-state index contributed by atoms with van der Waals surface area (Å²) in [6.07, 6.45) is 4.20. The minimum absolute atomic E-state index is 0.149. The Morgan fingerprint density at radius 3 is 3.28 bits per heavy atom. The second-order valence-corrected chi connectivity index (χ2v) is 7.57. The summed E-state index contributed by atoms with van der Waals surface area (Å²) >= 11 is 1.48. The fourth-order valence-electron chi connectivity index (χ4n) is 3.34. The number of hydrogen-bond donors (Lipinski definition) is 2. The quantitative estimate of drug-likeness (QED) is 0.751. The summed E-state index contributed by atoms with van der Waals surface area (Å²) in [4.78, 5) is 26.6. The number of imidazole rings is 1. The Kier molecular flexibility index (Phi) is 4.50. The van der Waals surface area contributed by atoms with Gasteiger partial charge in [-0.2, -0.15) is 0 Å². The van der Waals surface area contributed by atoms with Crippen LogP contribution in [-0.2, 0) is 6.54 Å². The lowest BCUT2D eigenvalue weighted by Gasteiger charge is -2.30. The molecule has 1 saturated heterocycles. The standard InChI is InChI=1S/C18H21N5OS/c1-12-3-2-6-23(8-12)9-14-10-25-18(21-14)22-17(24)13-4-5-15-16(7-13)20-11-19-15/h4-5,7,10-12H,2-3,6,8-9H2,1H3,(H,19,20)(H,21,22,24)/t12-/m1/s1. The number of nitrogens with one attached hydrogen (secondary N) is 2. The Hall–Kier alpha value is -2.25. The summed E-state index contributed by atoms with van der Waals surface area (Å²) in [5.41, 5.74) is 3.33. The van der Waals surface area contributed by atoms with Crippen molar-refractivity contribution in [2.75, 3.05) is 18.4 Å². The fraction of sp³-hybridized carbons (Fsp3) is 0.389. The number of nitrogens with zero attached hydrogens (tertiary/aromatic N) is 3. The summed E-state index contributed by atoms with van der Waals surface area (Å²) in [6, 6.07) is 5.43. The number of hydrogen-bond acceptors (Lipinski definition) is 5. The Bertz CT molecular complexity index is 886. The molecule has 0 aliphatic carbocycles. The number of H-pyrrole nitrogens is 1. The van der Waals surface area contributed by atoms with Gasteiger partial charge in [-0.25, -0.2) is 9.97 Å². The molecule has 1 aliphatic rings. The highest BCUT2D eigenvalue weighted by atomic mass is 32.1. The van der Waals surface area contributed by atoms with Gasteiger partial charge in [-0.1, -0.05) is 6.92 Å². The van der Waals surface area contributed by atoms with E-state index in [0.717, 1.165) is 42.3 Å². The molecule has 1 amide bonds. The lowest BCUT2D eigenvalue weighted by Crippen LogP contribution is -2.33. The monoisotopic (exact) mass is 355 g/mol. The Balaban J connectivity index is 1.40. The van der Waals surface area contributed by atoms with E-state index in [1.54, 1.807) is 18.5 Å². The van der Waals surface area contributed by atoms with Crippen molar-refractivity contribution >= 4 is 33.4 Å². The number of rotatable bonds is 4. The molecule has 6 nitrogen and oxygen atoms in total. The number of aromatic nitrogens is 3. The average molecular weight is 355 g/mol. The molecule has 2 N–H and O–H groups in total. The van der Waals surface area contributed by atoms with Crippen LogP contribution < -0.4 is 5.32 Å². The lowest BCUT2D eigenvalue weighted by molar-refractivity contribution is 0.102. The highest BCUT2D eigenvalue weighted by Crippen LogP contribution is 2.21. The first-order chi connectivity index (χ1) is 12.2. The van der Waals surface area contributed by atoms with Crippen LogP contribution in [0.4, 0.5) is 5.13 Å². The molecule has 0 unspecified atom stereocenters. The van der Waals surface area contributed by atoms with Gasteiger partial charge in [0.1, 0.15) is 0 Å². The first-order valence-electron chi connectivity index (χ1n) is 8.58. The third-order valence-electron chi connectivity index (χ3n) is 4.58. The Morgan fingerprint density at radius 1 is 1.48 bits per heavy atom. The number of carbonyl (C=O) groups is 1. The van der Waals surface area contributed by atoms with Crippen LogP contribution in [0.15, 0.2) is 29.9 Å². The summed E-state index contributed by atoms with van der Waals surface area (Å²) < 4.78 is 0. The smallest absolute Gasteiger partial charge is 0.257 e. The number of aromatic amines is 1. The highest BCUT2D eigenvalue weighted by Gasteiger charge is 2.17. The number of likely N-dealkylation sites (tertiary alicyclic amines) is 1. The predicted molar refractivity (Wildman–Crippen MR) is 99.8 cm³/mol. The van der Waals surface area contributed by atoms with E-state index >= 15 is 0 Å². The number of anilines is 1. The molecular formula is C18H21N5OS. The third kappa shape index (κ3) is 3.72. The van der Waals surface area contributed by atoms with Crippen molar-refractivity contribution in [1.29, 1.82) is 0 Å². The number of piperidine rings is 1. The number of carbonyl (C=O) groups excluding carboxylic acids is 1. The van der Waals surface area contributed by atoms with E-state index in [9.17, 15) is 4.79 Å². The first kappa shape index (κ1) is 16.2. The maximum Gasteiger partial charge on any atom is 0.257 e. The largest absolute Gasteiger partial charge is 0.345 e. The molecule has 130 valence electrons. The van der Waals surface area contributed by atoms with E-state index in [4.69, 9.17) is 0 Å². The van der Waals surface area contributed by atoms with Gasteiger partial charge < -0.3 is 4.98 Å². The SMILES string of the molecule is C[C@@H]1CCCN(Cc2csc(NC(=O)c3ccc4nc[nH]c4c3)n2)C1. The van der Waals surface area contributed by atoms with Crippen molar-refractivity contribution in [2.24, 2.45) is 5.92 Å². The molecule has 0 spiro atoms. The van der Waals surface area contributed by atoms with E-state index < -0.39 is 0 Å². The maximum absolute atomic E-state index is 12.4. The van der Waals surface area contributed by atoms with E-state index in [-0.39, 0.29) is 5.91 Å². The number of fused-ring (bicyclic) bond motifs is 1. The van der Waals surface area contributed by atoms with Crippen LogP contribution in [0.2, 0.25) is 0 Å². The zero-order valence-corrected chi connectivity index (χ0v) is 15.0. The fourth-order valence-corrected chi connectivity index (χ4v) is 4.04. The summed E-state index contributed by atoms with van der Waals surface area (Å²) in [7, 11) is 0. The summed E-state index contributed by atoms with van der Waals surface area (Å²) in [5.74, 6) is 0.605. The third-order valence-corrected chi connectivity index (χ3v) is 5.39. The molecule has 1 atom stereocenters. The van der Waals surface area contributed by atoms with Gasteiger partial charge in [-0.15, -0.1) is 11.3 Å². The van der Waals surface area contributed by atoms with Crippen LogP contribution in [0.25, 0.3) is 11.0 Å². The van der Waals surface area contributed by atoms with Crippen molar-refractivity contribution in [1.82, 2.24) is 19.9 Å². The Labute approximate surface area is 150 Å². The predicted octanol–water partition coefficient (Wildman–Crippen LogP) is 3.50. The second kappa shape index (κ2) is 6.93. The van der Waals surface area contributed by atoms with Gasteiger partial charge in [0.15, 0.2) is 5.13 Å². The zero-order valence-electron chi connectivity index (χ0n) is 14.2. The van der Waals surface area contributed by atoms with Gasteiger partial charge in [-0.3, -0.25) is 15.0 Å². The molecule has 4 rings (SSSR count). The molecular weight excluding hydrogens is 334 g/mol. The van der Waals surface area contributed by atoms with Crippen molar-refractivity contribution in [3.63, 3.8) is 0 Å². The van der Waals surface area contributed by atoms with Gasteiger partial charge >= 0.3 is 0 Å². The second-order valence-electron chi connectivity index (χ2n) is 6.72. The maximum atomic E-state index is 12.4. The topological polar surface area (TPSA) is 73.9 Å². The average Bonchev–Trinajstić information content (AvgIpc) is 3.23. The molecule has 0 saturated carbocycles. The van der Waals surface area contributed by atoms with Gasteiger partial charge in [0, 0.05) is 24.0 Å². The van der Waals surface area contributed by atoms with E-state index in [2.05, 4.69) is 32.1 Å². The molecule has 3 heterocycles. The van der Waals surface area contributed by atoms with E-state index in [1.807, 2.05) is 11.4 Å². The van der Waals surface area contributed by atoms with Crippen molar-refractivity contribution in [3.8, 4) is 0 Å². The normalized spacial score (nSPS) is 18.5. The molecule has 1 aromatic carbocycles. The minimum Gasteiger partial charge on any atom is -0.345 e. The van der Waals surface area contributed by atoms with Gasteiger partial charge in [0.05, 0.1) is 23.1 Å². The van der Waals surface area contributed by atoms with Crippen LogP contribution in [-0.4, -0.2) is 38.8 Å². The van der Waals surface area contributed by atoms with Crippen LogP contribution in [0, 0.1) is 5.92 Å². The number of thiazole rings is 1. The van der Waals surface area contributed by atoms with E-state index in [1.165, 1.54) is 24.2 Å². The molecule has 7 heteroatoms. The molecule has 1 fully saturated rings. The molecule has 25 heavy (non-hydrogen) atoms.